The Kier molecular flexibility index (Phi) is 5.32. The standard InChI is InChI=1S/C16H11BrClFO3/c1-9(15(20)10-5-7-11(17)8-6-10)22-16(21)14-12(18)3-2-4-13(14)19/h2-9H,1H3/t9-/m0/s1. The fourth-order valence-electron chi connectivity index (χ4n) is 1.81. The number of rotatable bonds is 4. The van der Waals surface area contributed by atoms with Crippen LogP contribution >= 0.6 is 27.5 Å². The maximum Gasteiger partial charge on any atom is 0.343 e. The third-order valence-electron chi connectivity index (χ3n) is 2.95. The van der Waals surface area contributed by atoms with E-state index < -0.39 is 17.9 Å². The molecule has 0 radical (unpaired) electrons. The van der Waals surface area contributed by atoms with E-state index in [1.54, 1.807) is 24.3 Å². The molecule has 0 unspecified atom stereocenters. The molecule has 0 N–H and O–H groups in total. The number of hydrogen-bond donors (Lipinski definition) is 0. The number of Topliss-reactive ketones (excluding diaryl/α,β-unsaturated/α-hetero) is 1. The Morgan fingerprint density at radius 2 is 1.82 bits per heavy atom. The lowest BCUT2D eigenvalue weighted by atomic mass is 10.1. The van der Waals surface area contributed by atoms with Crippen LogP contribution in [0.2, 0.25) is 5.02 Å². The molecule has 0 saturated carbocycles. The van der Waals surface area contributed by atoms with Crippen molar-refractivity contribution in [1.82, 2.24) is 0 Å². The first-order chi connectivity index (χ1) is 10.4. The highest BCUT2D eigenvalue weighted by molar-refractivity contribution is 9.10. The molecule has 0 amide bonds. The molecule has 3 nitrogen and oxygen atoms in total. The molecule has 0 fully saturated rings. The first-order valence-electron chi connectivity index (χ1n) is 6.35. The largest absolute Gasteiger partial charge is 0.451 e. The number of ether oxygens (including phenoxy) is 1. The van der Waals surface area contributed by atoms with E-state index in [1.165, 1.54) is 19.1 Å². The van der Waals surface area contributed by atoms with Crippen LogP contribution in [0.4, 0.5) is 4.39 Å². The molecule has 0 aliphatic rings. The van der Waals surface area contributed by atoms with E-state index in [2.05, 4.69) is 15.9 Å². The molecule has 0 aliphatic carbocycles. The lowest BCUT2D eigenvalue weighted by molar-refractivity contribution is 0.0314. The maximum atomic E-state index is 13.6. The second-order valence-electron chi connectivity index (χ2n) is 4.52. The van der Waals surface area contributed by atoms with Crippen LogP contribution in [0.15, 0.2) is 46.9 Å². The van der Waals surface area contributed by atoms with Gasteiger partial charge in [0.15, 0.2) is 6.10 Å². The highest BCUT2D eigenvalue weighted by Gasteiger charge is 2.23. The molecule has 2 aromatic carbocycles. The SMILES string of the molecule is C[C@H](OC(=O)c1c(F)cccc1Cl)C(=O)c1ccc(Br)cc1. The molecular formula is C16H11BrClFO3. The minimum absolute atomic E-state index is 0.0618. The molecule has 0 spiro atoms. The van der Waals surface area contributed by atoms with Crippen molar-refractivity contribution in [3.63, 3.8) is 0 Å². The second kappa shape index (κ2) is 7.03. The number of carbonyl (C=O) groups excluding carboxylic acids is 2. The Balaban J connectivity index is 2.14. The van der Waals surface area contributed by atoms with Crippen molar-refractivity contribution >= 4 is 39.3 Å². The van der Waals surface area contributed by atoms with Gasteiger partial charge in [0.25, 0.3) is 0 Å². The predicted molar refractivity (Wildman–Crippen MR) is 84.8 cm³/mol. The normalized spacial score (nSPS) is 11.8. The molecule has 0 bridgehead atoms. The predicted octanol–water partition coefficient (Wildman–Crippen LogP) is 4.67. The summed E-state index contributed by atoms with van der Waals surface area (Å²) in [5.41, 5.74) is 0.0164. The molecular weight excluding hydrogens is 375 g/mol. The van der Waals surface area contributed by atoms with Crippen molar-refractivity contribution in [1.29, 1.82) is 0 Å². The smallest absolute Gasteiger partial charge is 0.343 e. The van der Waals surface area contributed by atoms with Crippen LogP contribution in [0.1, 0.15) is 27.6 Å². The van der Waals surface area contributed by atoms with Gasteiger partial charge in [-0.1, -0.05) is 45.7 Å². The van der Waals surface area contributed by atoms with E-state index in [0.717, 1.165) is 10.5 Å². The number of esters is 1. The maximum absolute atomic E-state index is 13.6. The number of benzene rings is 2. The lowest BCUT2D eigenvalue weighted by Crippen LogP contribution is -2.25. The average Bonchev–Trinajstić information content (AvgIpc) is 2.47. The molecule has 0 aromatic heterocycles. The summed E-state index contributed by atoms with van der Waals surface area (Å²) in [6, 6.07) is 10.5. The van der Waals surface area contributed by atoms with Crippen LogP contribution < -0.4 is 0 Å². The Bertz CT molecular complexity index is 696. The van der Waals surface area contributed by atoms with E-state index in [-0.39, 0.29) is 16.4 Å². The van der Waals surface area contributed by atoms with Crippen molar-refractivity contribution in [2.24, 2.45) is 0 Å². The Morgan fingerprint density at radius 1 is 1.18 bits per heavy atom. The Labute approximate surface area is 140 Å². The summed E-state index contributed by atoms with van der Waals surface area (Å²) in [4.78, 5) is 24.2. The van der Waals surface area contributed by atoms with E-state index in [9.17, 15) is 14.0 Å². The fourth-order valence-corrected chi connectivity index (χ4v) is 2.32. The Morgan fingerprint density at radius 3 is 2.41 bits per heavy atom. The van der Waals surface area contributed by atoms with Crippen LogP contribution in [-0.2, 0) is 4.74 Å². The monoisotopic (exact) mass is 384 g/mol. The van der Waals surface area contributed by atoms with Gasteiger partial charge in [-0.2, -0.15) is 0 Å². The van der Waals surface area contributed by atoms with E-state index in [4.69, 9.17) is 16.3 Å². The van der Waals surface area contributed by atoms with E-state index >= 15 is 0 Å². The summed E-state index contributed by atoms with van der Waals surface area (Å²) in [6.45, 7) is 1.43. The van der Waals surface area contributed by atoms with Gasteiger partial charge in [0.2, 0.25) is 5.78 Å². The lowest BCUT2D eigenvalue weighted by Gasteiger charge is -2.13. The summed E-state index contributed by atoms with van der Waals surface area (Å²) in [6.07, 6.45) is -1.05. The minimum atomic E-state index is -1.05. The van der Waals surface area contributed by atoms with Crippen LogP contribution in [0.25, 0.3) is 0 Å². The van der Waals surface area contributed by atoms with Gasteiger partial charge < -0.3 is 4.74 Å². The quantitative estimate of drug-likeness (QED) is 0.567. The van der Waals surface area contributed by atoms with E-state index in [0.29, 0.717) is 5.56 Å². The molecule has 114 valence electrons. The van der Waals surface area contributed by atoms with Crippen molar-refractivity contribution in [2.45, 2.75) is 13.0 Å². The molecule has 22 heavy (non-hydrogen) atoms. The van der Waals surface area contributed by atoms with Gasteiger partial charge in [0.1, 0.15) is 11.4 Å². The third-order valence-corrected chi connectivity index (χ3v) is 3.79. The summed E-state index contributed by atoms with van der Waals surface area (Å²) in [5, 5.41) is -0.0618. The molecule has 2 rings (SSSR count). The number of carbonyl (C=O) groups is 2. The molecule has 2 aromatic rings. The summed E-state index contributed by atoms with van der Waals surface area (Å²) in [7, 11) is 0. The van der Waals surface area contributed by atoms with Gasteiger partial charge in [-0.25, -0.2) is 9.18 Å². The highest BCUT2D eigenvalue weighted by Crippen LogP contribution is 2.21. The average molecular weight is 386 g/mol. The summed E-state index contributed by atoms with van der Waals surface area (Å²) >= 11 is 9.06. The zero-order valence-electron chi connectivity index (χ0n) is 11.5. The van der Waals surface area contributed by atoms with Gasteiger partial charge in [0.05, 0.1) is 5.02 Å². The first-order valence-corrected chi connectivity index (χ1v) is 7.52. The molecule has 0 saturated heterocycles. The second-order valence-corrected chi connectivity index (χ2v) is 5.84. The minimum Gasteiger partial charge on any atom is -0.451 e. The van der Waals surface area contributed by atoms with Crippen LogP contribution in [0.5, 0.6) is 0 Å². The van der Waals surface area contributed by atoms with Crippen LogP contribution in [-0.4, -0.2) is 17.9 Å². The third kappa shape index (κ3) is 3.72. The van der Waals surface area contributed by atoms with Gasteiger partial charge >= 0.3 is 5.97 Å². The van der Waals surface area contributed by atoms with Crippen molar-refractivity contribution in [3.8, 4) is 0 Å². The molecule has 1 atom stereocenters. The summed E-state index contributed by atoms with van der Waals surface area (Å²) < 4.78 is 19.5. The summed E-state index contributed by atoms with van der Waals surface area (Å²) in [5.74, 6) is -2.14. The van der Waals surface area contributed by atoms with Crippen molar-refractivity contribution in [2.75, 3.05) is 0 Å². The van der Waals surface area contributed by atoms with Crippen molar-refractivity contribution in [3.05, 3.63) is 68.9 Å². The number of halogens is 3. The van der Waals surface area contributed by atoms with Gasteiger partial charge in [-0.15, -0.1) is 0 Å². The first kappa shape index (κ1) is 16.6. The fraction of sp³-hybridized carbons (Fsp3) is 0.125. The van der Waals surface area contributed by atoms with Gasteiger partial charge in [0, 0.05) is 10.0 Å². The molecule has 0 aliphatic heterocycles. The number of ketones is 1. The number of hydrogen-bond acceptors (Lipinski definition) is 3. The zero-order chi connectivity index (χ0) is 16.3. The highest BCUT2D eigenvalue weighted by atomic mass is 79.9. The Hall–Kier alpha value is -1.72. The van der Waals surface area contributed by atoms with Crippen LogP contribution in [0, 0.1) is 5.82 Å². The van der Waals surface area contributed by atoms with Crippen molar-refractivity contribution < 1.29 is 18.7 Å². The van der Waals surface area contributed by atoms with Gasteiger partial charge in [-0.05, 0) is 31.2 Å². The van der Waals surface area contributed by atoms with Gasteiger partial charge in [-0.3, -0.25) is 4.79 Å². The zero-order valence-corrected chi connectivity index (χ0v) is 13.8. The van der Waals surface area contributed by atoms with E-state index in [1.807, 2.05) is 0 Å². The van der Waals surface area contributed by atoms with Crippen LogP contribution in [0.3, 0.4) is 0 Å². The topological polar surface area (TPSA) is 43.4 Å². The molecule has 6 heteroatoms. The molecule has 0 heterocycles.